The Balaban J connectivity index is 1.55. The fraction of sp³-hybridized carbons (Fsp3) is 0.286. The standard InChI is InChI=1S/C21H25N5O4S/c1-14(2)19-24-20(30-25-19)16-7-9-17(10-8-16)23-21(27)22-13-15-5-11-18(12-6-15)31(28,29)26(3)4/h5-12,14H,13H2,1-4H3,(H2,22,23,27). The minimum Gasteiger partial charge on any atom is -0.334 e. The van der Waals surface area contributed by atoms with Gasteiger partial charge in [0.25, 0.3) is 5.89 Å². The second-order valence-electron chi connectivity index (χ2n) is 7.43. The maximum Gasteiger partial charge on any atom is 0.319 e. The van der Waals surface area contributed by atoms with E-state index in [1.165, 1.54) is 26.2 Å². The van der Waals surface area contributed by atoms with Crippen molar-refractivity contribution in [3.63, 3.8) is 0 Å². The maximum absolute atomic E-state index is 12.2. The zero-order valence-electron chi connectivity index (χ0n) is 17.8. The van der Waals surface area contributed by atoms with Gasteiger partial charge in [0.15, 0.2) is 5.82 Å². The molecule has 2 amide bonds. The summed E-state index contributed by atoms with van der Waals surface area (Å²) >= 11 is 0. The molecule has 9 nitrogen and oxygen atoms in total. The van der Waals surface area contributed by atoms with Gasteiger partial charge < -0.3 is 15.2 Å². The van der Waals surface area contributed by atoms with Crippen molar-refractivity contribution in [2.45, 2.75) is 31.2 Å². The van der Waals surface area contributed by atoms with Crippen LogP contribution >= 0.6 is 0 Å². The van der Waals surface area contributed by atoms with Gasteiger partial charge in [-0.2, -0.15) is 4.98 Å². The molecule has 0 saturated heterocycles. The van der Waals surface area contributed by atoms with Gasteiger partial charge in [0, 0.05) is 37.8 Å². The van der Waals surface area contributed by atoms with Crippen molar-refractivity contribution in [1.29, 1.82) is 0 Å². The highest BCUT2D eigenvalue weighted by Crippen LogP contribution is 2.22. The van der Waals surface area contributed by atoms with Gasteiger partial charge in [0.1, 0.15) is 0 Å². The van der Waals surface area contributed by atoms with E-state index in [1.54, 1.807) is 36.4 Å². The molecule has 0 atom stereocenters. The first-order valence-electron chi connectivity index (χ1n) is 9.67. The lowest BCUT2D eigenvalue weighted by molar-refractivity contribution is 0.251. The van der Waals surface area contributed by atoms with Gasteiger partial charge in [-0.1, -0.05) is 31.1 Å². The van der Waals surface area contributed by atoms with Crippen molar-refractivity contribution < 1.29 is 17.7 Å². The number of aromatic nitrogens is 2. The molecular formula is C21H25N5O4S. The predicted molar refractivity (Wildman–Crippen MR) is 117 cm³/mol. The number of hydrogen-bond acceptors (Lipinski definition) is 6. The van der Waals surface area contributed by atoms with E-state index in [2.05, 4.69) is 20.8 Å². The molecule has 0 unspecified atom stereocenters. The van der Waals surface area contributed by atoms with Crippen molar-refractivity contribution >= 4 is 21.7 Å². The first-order valence-corrected chi connectivity index (χ1v) is 11.1. The molecule has 0 aliphatic rings. The van der Waals surface area contributed by atoms with Crippen LogP contribution in [0.5, 0.6) is 0 Å². The number of urea groups is 1. The lowest BCUT2D eigenvalue weighted by atomic mass is 10.2. The second-order valence-corrected chi connectivity index (χ2v) is 9.58. The molecule has 0 spiro atoms. The Morgan fingerprint density at radius 2 is 1.71 bits per heavy atom. The van der Waals surface area contributed by atoms with Crippen LogP contribution in [0, 0.1) is 0 Å². The smallest absolute Gasteiger partial charge is 0.319 e. The van der Waals surface area contributed by atoms with Gasteiger partial charge in [-0.25, -0.2) is 17.5 Å². The zero-order chi connectivity index (χ0) is 22.6. The van der Waals surface area contributed by atoms with Crippen LogP contribution in [0.1, 0.15) is 31.2 Å². The first kappa shape index (κ1) is 22.4. The molecule has 2 N–H and O–H groups in total. The lowest BCUT2D eigenvalue weighted by Crippen LogP contribution is -2.28. The molecular weight excluding hydrogens is 418 g/mol. The van der Waals surface area contributed by atoms with Crippen LogP contribution in [0.3, 0.4) is 0 Å². The molecule has 0 saturated carbocycles. The van der Waals surface area contributed by atoms with E-state index in [0.717, 1.165) is 15.4 Å². The molecule has 0 radical (unpaired) electrons. The van der Waals surface area contributed by atoms with Gasteiger partial charge in [0.05, 0.1) is 4.90 Å². The lowest BCUT2D eigenvalue weighted by Gasteiger charge is -2.12. The van der Waals surface area contributed by atoms with Crippen LogP contribution in [0.2, 0.25) is 0 Å². The molecule has 0 bridgehead atoms. The molecule has 164 valence electrons. The van der Waals surface area contributed by atoms with Crippen LogP contribution < -0.4 is 10.6 Å². The van der Waals surface area contributed by atoms with Gasteiger partial charge >= 0.3 is 6.03 Å². The summed E-state index contributed by atoms with van der Waals surface area (Å²) in [5, 5.41) is 9.43. The average molecular weight is 444 g/mol. The predicted octanol–water partition coefficient (Wildman–Crippen LogP) is 3.43. The molecule has 10 heteroatoms. The number of benzene rings is 2. The van der Waals surface area contributed by atoms with Crippen molar-refractivity contribution in [3.05, 3.63) is 59.9 Å². The summed E-state index contributed by atoms with van der Waals surface area (Å²) in [5.41, 5.74) is 2.15. The molecule has 0 fully saturated rings. The third-order valence-electron chi connectivity index (χ3n) is 4.50. The summed E-state index contributed by atoms with van der Waals surface area (Å²) in [5.74, 6) is 1.25. The number of carbonyl (C=O) groups is 1. The number of carbonyl (C=O) groups excluding carboxylic acids is 1. The highest BCUT2D eigenvalue weighted by atomic mass is 32.2. The Labute approximate surface area is 181 Å². The maximum atomic E-state index is 12.2. The Morgan fingerprint density at radius 3 is 2.26 bits per heavy atom. The zero-order valence-corrected chi connectivity index (χ0v) is 18.6. The topological polar surface area (TPSA) is 117 Å². The van der Waals surface area contributed by atoms with Gasteiger partial charge in [-0.15, -0.1) is 0 Å². The molecule has 1 heterocycles. The molecule has 0 aliphatic carbocycles. The minimum atomic E-state index is -3.47. The highest BCUT2D eigenvalue weighted by Gasteiger charge is 2.16. The minimum absolute atomic E-state index is 0.177. The number of rotatable bonds is 7. The van der Waals surface area contributed by atoms with E-state index < -0.39 is 10.0 Å². The average Bonchev–Trinajstić information content (AvgIpc) is 3.24. The summed E-state index contributed by atoms with van der Waals surface area (Å²) in [6.07, 6.45) is 0. The number of nitrogens with one attached hydrogen (secondary N) is 2. The quantitative estimate of drug-likeness (QED) is 0.578. The van der Waals surface area contributed by atoms with Gasteiger partial charge in [0.2, 0.25) is 10.0 Å². The van der Waals surface area contributed by atoms with Crippen molar-refractivity contribution in [2.75, 3.05) is 19.4 Å². The normalized spacial score (nSPS) is 11.7. The van der Waals surface area contributed by atoms with Crippen molar-refractivity contribution in [3.8, 4) is 11.5 Å². The summed E-state index contributed by atoms with van der Waals surface area (Å²) in [6, 6.07) is 13.1. The fourth-order valence-electron chi connectivity index (χ4n) is 2.63. The van der Waals surface area contributed by atoms with Crippen molar-refractivity contribution in [2.24, 2.45) is 0 Å². The van der Waals surface area contributed by atoms with Crippen LogP contribution in [0.25, 0.3) is 11.5 Å². The summed E-state index contributed by atoms with van der Waals surface area (Å²) in [7, 11) is -0.516. The van der Waals surface area contributed by atoms with E-state index >= 15 is 0 Å². The van der Waals surface area contributed by atoms with E-state index in [4.69, 9.17) is 4.52 Å². The van der Waals surface area contributed by atoms with E-state index in [0.29, 0.717) is 17.4 Å². The Bertz CT molecular complexity index is 1140. The number of hydrogen-bond donors (Lipinski definition) is 2. The summed E-state index contributed by atoms with van der Waals surface area (Å²) in [6.45, 7) is 4.23. The number of sulfonamides is 1. The van der Waals surface area contributed by atoms with Crippen molar-refractivity contribution in [1.82, 2.24) is 19.8 Å². The molecule has 31 heavy (non-hydrogen) atoms. The van der Waals surface area contributed by atoms with E-state index in [9.17, 15) is 13.2 Å². The highest BCUT2D eigenvalue weighted by molar-refractivity contribution is 7.89. The van der Waals surface area contributed by atoms with Crippen LogP contribution in [0.15, 0.2) is 57.9 Å². The monoisotopic (exact) mass is 443 g/mol. The van der Waals surface area contributed by atoms with Crippen LogP contribution in [-0.2, 0) is 16.6 Å². The third-order valence-corrected chi connectivity index (χ3v) is 6.33. The van der Waals surface area contributed by atoms with E-state index in [1.807, 2.05) is 13.8 Å². The SMILES string of the molecule is CC(C)c1noc(-c2ccc(NC(=O)NCc3ccc(S(=O)(=O)N(C)C)cc3)cc2)n1. The first-order chi connectivity index (χ1) is 14.7. The number of amides is 2. The van der Waals surface area contributed by atoms with E-state index in [-0.39, 0.29) is 23.4 Å². The van der Waals surface area contributed by atoms with Gasteiger partial charge in [-0.05, 0) is 42.0 Å². The van der Waals surface area contributed by atoms with Gasteiger partial charge in [-0.3, -0.25) is 0 Å². The Hall–Kier alpha value is -3.24. The second kappa shape index (κ2) is 9.27. The molecule has 3 aromatic rings. The fourth-order valence-corrected chi connectivity index (χ4v) is 3.53. The summed E-state index contributed by atoms with van der Waals surface area (Å²) < 4.78 is 30.6. The van der Waals surface area contributed by atoms with Crippen LogP contribution in [-0.4, -0.2) is 43.0 Å². The molecule has 0 aliphatic heterocycles. The van der Waals surface area contributed by atoms with Crippen LogP contribution in [0.4, 0.5) is 10.5 Å². The molecule has 2 aromatic carbocycles. The largest absolute Gasteiger partial charge is 0.334 e. The third kappa shape index (κ3) is 5.47. The number of nitrogens with zero attached hydrogens (tertiary/aromatic N) is 3. The molecule has 3 rings (SSSR count). The molecule has 1 aromatic heterocycles. The Kier molecular flexibility index (Phi) is 6.71. The Morgan fingerprint density at radius 1 is 1.06 bits per heavy atom. The number of anilines is 1. The summed E-state index contributed by atoms with van der Waals surface area (Å²) in [4.78, 5) is 16.7.